The van der Waals surface area contributed by atoms with Gasteiger partial charge in [0.15, 0.2) is 0 Å². The van der Waals surface area contributed by atoms with Crippen LogP contribution in [0.15, 0.2) is 103 Å². The van der Waals surface area contributed by atoms with Crippen LogP contribution < -0.4 is 4.90 Å². The first-order valence-corrected chi connectivity index (χ1v) is 10.8. The van der Waals surface area contributed by atoms with E-state index in [-0.39, 0.29) is 0 Å². The molecule has 0 atom stereocenters. The van der Waals surface area contributed by atoms with Crippen molar-refractivity contribution in [2.24, 2.45) is 0 Å². The summed E-state index contributed by atoms with van der Waals surface area (Å²) < 4.78 is 0. The second-order valence-electron chi connectivity index (χ2n) is 8.42. The van der Waals surface area contributed by atoms with Gasteiger partial charge < -0.3 is 4.90 Å². The molecule has 0 aromatic heterocycles. The molecule has 1 nitrogen and oxygen atoms in total. The van der Waals surface area contributed by atoms with E-state index in [1.54, 1.807) is 0 Å². The largest absolute Gasteiger partial charge is 0.310 e. The SMILES string of the molecule is Cc1cccc(N(c2cccc(C)c2)c2ccc3c4c(cccc24)-c2ccccc2-3)c1. The van der Waals surface area contributed by atoms with Crippen LogP contribution in [0.1, 0.15) is 11.1 Å². The Morgan fingerprint density at radius 2 is 1.03 bits per heavy atom. The highest BCUT2D eigenvalue weighted by Crippen LogP contribution is 2.50. The van der Waals surface area contributed by atoms with E-state index in [0.717, 1.165) is 0 Å². The van der Waals surface area contributed by atoms with Gasteiger partial charge in [-0.2, -0.15) is 0 Å². The van der Waals surface area contributed by atoms with Gasteiger partial charge >= 0.3 is 0 Å². The summed E-state index contributed by atoms with van der Waals surface area (Å²) in [7, 11) is 0. The first-order chi connectivity index (χ1) is 15.2. The average Bonchev–Trinajstić information content (AvgIpc) is 3.11. The smallest absolute Gasteiger partial charge is 0.0540 e. The standard InChI is InChI=1S/C30H23N/c1-20-8-5-10-22(18-20)31(23-11-6-9-21(2)19-23)29-17-16-27-25-13-4-3-12-24(25)26-14-7-15-28(29)30(26)27/h3-19H,1-2H3. The summed E-state index contributed by atoms with van der Waals surface area (Å²) in [5, 5.41) is 2.64. The molecule has 0 unspecified atom stereocenters. The zero-order chi connectivity index (χ0) is 20.9. The van der Waals surface area contributed by atoms with Crippen molar-refractivity contribution >= 4 is 27.8 Å². The summed E-state index contributed by atoms with van der Waals surface area (Å²) in [4.78, 5) is 2.39. The minimum Gasteiger partial charge on any atom is -0.310 e. The van der Waals surface area contributed by atoms with Gasteiger partial charge in [-0.3, -0.25) is 0 Å². The highest BCUT2D eigenvalue weighted by atomic mass is 15.1. The fourth-order valence-corrected chi connectivity index (χ4v) is 4.95. The Balaban J connectivity index is 1.66. The van der Waals surface area contributed by atoms with Crippen LogP contribution in [-0.4, -0.2) is 0 Å². The number of aryl methyl sites for hydroxylation is 2. The van der Waals surface area contributed by atoms with Gasteiger partial charge in [-0.1, -0.05) is 72.8 Å². The molecule has 1 aliphatic carbocycles. The highest BCUT2D eigenvalue weighted by Gasteiger charge is 2.24. The van der Waals surface area contributed by atoms with Crippen LogP contribution in [0.4, 0.5) is 17.1 Å². The molecule has 5 aromatic rings. The van der Waals surface area contributed by atoms with Crippen molar-refractivity contribution in [3.63, 3.8) is 0 Å². The molecule has 0 aliphatic heterocycles. The third-order valence-electron chi connectivity index (χ3n) is 6.29. The van der Waals surface area contributed by atoms with Crippen molar-refractivity contribution in [2.45, 2.75) is 13.8 Å². The Labute approximate surface area is 183 Å². The van der Waals surface area contributed by atoms with Gasteiger partial charge in [-0.05, 0) is 82.9 Å². The molecule has 6 rings (SSSR count). The lowest BCUT2D eigenvalue weighted by atomic mass is 10.00. The van der Waals surface area contributed by atoms with Crippen LogP contribution in [0.5, 0.6) is 0 Å². The van der Waals surface area contributed by atoms with Gasteiger partial charge in [-0.25, -0.2) is 0 Å². The van der Waals surface area contributed by atoms with Crippen molar-refractivity contribution in [2.75, 3.05) is 4.90 Å². The molecule has 0 saturated heterocycles. The number of benzene rings is 5. The molecule has 148 valence electrons. The molecule has 0 bridgehead atoms. The number of fused-ring (bicyclic) bond motifs is 3. The Kier molecular flexibility index (Phi) is 3.97. The molecule has 0 fully saturated rings. The van der Waals surface area contributed by atoms with E-state index in [1.165, 1.54) is 61.2 Å². The van der Waals surface area contributed by atoms with Crippen LogP contribution >= 0.6 is 0 Å². The third-order valence-corrected chi connectivity index (χ3v) is 6.29. The van der Waals surface area contributed by atoms with Crippen LogP contribution in [0.25, 0.3) is 33.0 Å². The fourth-order valence-electron chi connectivity index (χ4n) is 4.95. The number of anilines is 3. The van der Waals surface area contributed by atoms with Gasteiger partial charge in [0, 0.05) is 16.8 Å². The van der Waals surface area contributed by atoms with Crippen LogP contribution in [-0.2, 0) is 0 Å². The molecule has 0 radical (unpaired) electrons. The van der Waals surface area contributed by atoms with Crippen molar-refractivity contribution < 1.29 is 0 Å². The zero-order valence-electron chi connectivity index (χ0n) is 17.8. The minimum atomic E-state index is 1.18. The third kappa shape index (κ3) is 2.78. The molecule has 1 heteroatoms. The second-order valence-corrected chi connectivity index (χ2v) is 8.42. The Morgan fingerprint density at radius 1 is 0.484 bits per heavy atom. The lowest BCUT2D eigenvalue weighted by molar-refractivity contribution is 1.27. The molecule has 1 aliphatic rings. The van der Waals surface area contributed by atoms with Crippen LogP contribution in [0, 0.1) is 13.8 Å². The van der Waals surface area contributed by atoms with Crippen molar-refractivity contribution in [1.29, 1.82) is 0 Å². The Bertz CT molecular complexity index is 1390. The van der Waals surface area contributed by atoms with E-state index < -0.39 is 0 Å². The molecular weight excluding hydrogens is 374 g/mol. The van der Waals surface area contributed by atoms with Crippen LogP contribution in [0.2, 0.25) is 0 Å². The predicted molar refractivity (Wildman–Crippen MR) is 133 cm³/mol. The molecule has 0 N–H and O–H groups in total. The van der Waals surface area contributed by atoms with E-state index in [2.05, 4.69) is 122 Å². The molecule has 5 aromatic carbocycles. The summed E-state index contributed by atoms with van der Waals surface area (Å²) in [6.07, 6.45) is 0. The Hall–Kier alpha value is -3.84. The van der Waals surface area contributed by atoms with Gasteiger partial charge in [0.05, 0.1) is 5.69 Å². The molecule has 0 amide bonds. The minimum absolute atomic E-state index is 1.18. The van der Waals surface area contributed by atoms with E-state index in [1.807, 2.05) is 0 Å². The summed E-state index contributed by atoms with van der Waals surface area (Å²) in [6, 6.07) is 37.6. The van der Waals surface area contributed by atoms with Gasteiger partial charge in [0.25, 0.3) is 0 Å². The maximum absolute atomic E-state index is 2.39. The van der Waals surface area contributed by atoms with Crippen molar-refractivity contribution in [3.8, 4) is 22.3 Å². The normalized spacial score (nSPS) is 11.5. The monoisotopic (exact) mass is 397 g/mol. The predicted octanol–water partition coefficient (Wildman–Crippen LogP) is 8.57. The van der Waals surface area contributed by atoms with E-state index in [4.69, 9.17) is 0 Å². The topological polar surface area (TPSA) is 3.24 Å². The quantitative estimate of drug-likeness (QED) is 0.289. The van der Waals surface area contributed by atoms with Crippen molar-refractivity contribution in [3.05, 3.63) is 114 Å². The summed E-state index contributed by atoms with van der Waals surface area (Å²) in [5.74, 6) is 0. The van der Waals surface area contributed by atoms with Gasteiger partial charge in [-0.15, -0.1) is 0 Å². The first kappa shape index (κ1) is 18.0. The number of hydrogen-bond donors (Lipinski definition) is 0. The summed E-state index contributed by atoms with van der Waals surface area (Å²) in [5.41, 5.74) is 11.4. The number of nitrogens with zero attached hydrogens (tertiary/aromatic N) is 1. The lowest BCUT2D eigenvalue weighted by Crippen LogP contribution is -2.11. The van der Waals surface area contributed by atoms with E-state index in [9.17, 15) is 0 Å². The molecule has 0 heterocycles. The summed E-state index contributed by atoms with van der Waals surface area (Å²) in [6.45, 7) is 4.31. The fraction of sp³-hybridized carbons (Fsp3) is 0.0667. The molecular formula is C30H23N. The maximum atomic E-state index is 2.39. The highest BCUT2D eigenvalue weighted by molar-refractivity contribution is 6.19. The molecule has 0 saturated carbocycles. The number of hydrogen-bond acceptors (Lipinski definition) is 1. The molecule has 0 spiro atoms. The van der Waals surface area contributed by atoms with Crippen molar-refractivity contribution in [1.82, 2.24) is 0 Å². The van der Waals surface area contributed by atoms with E-state index in [0.29, 0.717) is 0 Å². The van der Waals surface area contributed by atoms with Gasteiger partial charge in [0.2, 0.25) is 0 Å². The lowest BCUT2D eigenvalue weighted by Gasteiger charge is -2.28. The summed E-state index contributed by atoms with van der Waals surface area (Å²) >= 11 is 0. The maximum Gasteiger partial charge on any atom is 0.0540 e. The second kappa shape index (κ2) is 6.85. The average molecular weight is 398 g/mol. The Morgan fingerprint density at radius 3 is 1.65 bits per heavy atom. The number of rotatable bonds is 3. The molecule has 31 heavy (non-hydrogen) atoms. The van der Waals surface area contributed by atoms with Crippen LogP contribution in [0.3, 0.4) is 0 Å². The zero-order valence-corrected chi connectivity index (χ0v) is 17.8. The van der Waals surface area contributed by atoms with Gasteiger partial charge in [0.1, 0.15) is 0 Å². The van der Waals surface area contributed by atoms with E-state index >= 15 is 0 Å². The first-order valence-electron chi connectivity index (χ1n) is 10.8.